The van der Waals surface area contributed by atoms with Gasteiger partial charge in [0, 0.05) is 51.8 Å². The average molecular weight is 397 g/mol. The Morgan fingerprint density at radius 2 is 1.69 bits per heavy atom. The molecule has 1 aromatic heterocycles. The zero-order chi connectivity index (χ0) is 20.8. The number of nitrogens with zero attached hydrogens (tertiary/aromatic N) is 3. The van der Waals surface area contributed by atoms with Crippen LogP contribution >= 0.6 is 0 Å². The number of para-hydroxylation sites is 1. The average Bonchev–Trinajstić information content (AvgIpc) is 3.28. The SMILES string of the molecule is CCc1ccccc1N(CCC(=O)N1CCN(C(=O)c2ccco2)CC1)C(C)=O. The molecule has 3 amide bonds. The highest BCUT2D eigenvalue weighted by Crippen LogP contribution is 2.21. The summed E-state index contributed by atoms with van der Waals surface area (Å²) in [5.74, 6) is 0.0837. The molecule has 0 radical (unpaired) electrons. The van der Waals surface area contributed by atoms with Crippen molar-refractivity contribution >= 4 is 23.4 Å². The van der Waals surface area contributed by atoms with Crippen molar-refractivity contribution in [3.8, 4) is 0 Å². The summed E-state index contributed by atoms with van der Waals surface area (Å²) in [6, 6.07) is 11.1. The molecular weight excluding hydrogens is 370 g/mol. The molecule has 29 heavy (non-hydrogen) atoms. The van der Waals surface area contributed by atoms with E-state index >= 15 is 0 Å². The van der Waals surface area contributed by atoms with E-state index in [9.17, 15) is 14.4 Å². The minimum absolute atomic E-state index is 0.00433. The van der Waals surface area contributed by atoms with Crippen LogP contribution in [-0.2, 0) is 16.0 Å². The summed E-state index contributed by atoms with van der Waals surface area (Å²) >= 11 is 0. The third kappa shape index (κ3) is 4.85. The Balaban J connectivity index is 1.55. The number of hydrogen-bond acceptors (Lipinski definition) is 4. The molecule has 0 atom stereocenters. The van der Waals surface area contributed by atoms with Crippen molar-refractivity contribution in [3.05, 3.63) is 54.0 Å². The minimum atomic E-state index is -0.152. The molecule has 0 unspecified atom stereocenters. The molecule has 0 saturated carbocycles. The van der Waals surface area contributed by atoms with Gasteiger partial charge in [0.15, 0.2) is 5.76 Å². The summed E-state index contributed by atoms with van der Waals surface area (Å²) in [7, 11) is 0. The van der Waals surface area contributed by atoms with Crippen LogP contribution in [0.1, 0.15) is 36.4 Å². The van der Waals surface area contributed by atoms with Crippen LogP contribution in [-0.4, -0.2) is 60.2 Å². The Morgan fingerprint density at radius 1 is 1.00 bits per heavy atom. The van der Waals surface area contributed by atoms with Crippen molar-refractivity contribution in [1.29, 1.82) is 0 Å². The third-order valence-corrected chi connectivity index (χ3v) is 5.24. The fraction of sp³-hybridized carbons (Fsp3) is 0.409. The van der Waals surface area contributed by atoms with Gasteiger partial charge in [-0.1, -0.05) is 25.1 Å². The molecule has 1 aliphatic heterocycles. The maximum atomic E-state index is 12.7. The van der Waals surface area contributed by atoms with E-state index in [1.165, 1.54) is 13.2 Å². The Labute approximate surface area is 170 Å². The lowest BCUT2D eigenvalue weighted by molar-refractivity contribution is -0.132. The molecule has 154 valence electrons. The van der Waals surface area contributed by atoms with E-state index in [-0.39, 0.29) is 24.1 Å². The van der Waals surface area contributed by atoms with Gasteiger partial charge in [-0.3, -0.25) is 14.4 Å². The zero-order valence-corrected chi connectivity index (χ0v) is 17.0. The van der Waals surface area contributed by atoms with Crippen LogP contribution in [0.3, 0.4) is 0 Å². The Morgan fingerprint density at radius 3 is 2.31 bits per heavy atom. The van der Waals surface area contributed by atoms with Crippen LogP contribution < -0.4 is 4.90 Å². The highest BCUT2D eigenvalue weighted by atomic mass is 16.3. The van der Waals surface area contributed by atoms with Gasteiger partial charge in [0.25, 0.3) is 5.91 Å². The number of carbonyl (C=O) groups excluding carboxylic acids is 3. The maximum absolute atomic E-state index is 12.7. The van der Waals surface area contributed by atoms with Gasteiger partial charge in [0.05, 0.1) is 6.26 Å². The molecule has 1 aromatic carbocycles. The van der Waals surface area contributed by atoms with E-state index in [4.69, 9.17) is 4.42 Å². The Kier molecular flexibility index (Phi) is 6.69. The third-order valence-electron chi connectivity index (χ3n) is 5.24. The van der Waals surface area contributed by atoms with Crippen molar-refractivity contribution in [3.63, 3.8) is 0 Å². The number of anilines is 1. The molecule has 0 aliphatic carbocycles. The smallest absolute Gasteiger partial charge is 0.289 e. The van der Waals surface area contributed by atoms with Gasteiger partial charge in [0.1, 0.15) is 0 Å². The normalized spacial score (nSPS) is 14.0. The Bertz CT molecular complexity index is 855. The lowest BCUT2D eigenvalue weighted by atomic mass is 10.1. The number of amides is 3. The number of piperazine rings is 1. The standard InChI is InChI=1S/C22H27N3O4/c1-3-18-7-4-5-8-19(18)25(17(2)26)11-10-21(27)23-12-14-24(15-13-23)22(28)20-9-6-16-29-20/h4-9,16H,3,10-15H2,1-2H3. The fourth-order valence-electron chi connectivity index (χ4n) is 3.60. The monoisotopic (exact) mass is 397 g/mol. The number of aryl methyl sites for hydroxylation is 1. The van der Waals surface area contributed by atoms with Gasteiger partial charge in [-0.2, -0.15) is 0 Å². The highest BCUT2D eigenvalue weighted by Gasteiger charge is 2.26. The molecule has 1 fully saturated rings. The first-order valence-electron chi connectivity index (χ1n) is 9.97. The molecule has 0 bridgehead atoms. The quantitative estimate of drug-likeness (QED) is 0.751. The van der Waals surface area contributed by atoms with E-state index < -0.39 is 0 Å². The molecule has 2 heterocycles. The number of benzene rings is 1. The predicted molar refractivity (Wildman–Crippen MR) is 110 cm³/mol. The molecule has 1 saturated heterocycles. The second-order valence-corrected chi connectivity index (χ2v) is 7.05. The predicted octanol–water partition coefficient (Wildman–Crippen LogP) is 2.57. The van der Waals surface area contributed by atoms with Crippen LogP contribution in [0.2, 0.25) is 0 Å². The summed E-state index contributed by atoms with van der Waals surface area (Å²) < 4.78 is 5.16. The van der Waals surface area contributed by atoms with Gasteiger partial charge in [0.2, 0.25) is 11.8 Å². The fourth-order valence-corrected chi connectivity index (χ4v) is 3.60. The highest BCUT2D eigenvalue weighted by molar-refractivity contribution is 5.93. The zero-order valence-electron chi connectivity index (χ0n) is 17.0. The lowest BCUT2D eigenvalue weighted by Crippen LogP contribution is -2.51. The molecule has 3 rings (SSSR count). The Hall–Kier alpha value is -3.09. The van der Waals surface area contributed by atoms with Gasteiger partial charge in [-0.05, 0) is 30.2 Å². The van der Waals surface area contributed by atoms with Crippen LogP contribution in [0, 0.1) is 0 Å². The first kappa shape index (κ1) is 20.6. The molecular formula is C22H27N3O4. The topological polar surface area (TPSA) is 74.1 Å². The second-order valence-electron chi connectivity index (χ2n) is 7.05. The van der Waals surface area contributed by atoms with Crippen LogP contribution in [0.15, 0.2) is 47.1 Å². The molecule has 7 nitrogen and oxygen atoms in total. The number of hydrogen-bond donors (Lipinski definition) is 0. The molecule has 0 N–H and O–H groups in total. The maximum Gasteiger partial charge on any atom is 0.289 e. The summed E-state index contributed by atoms with van der Waals surface area (Å²) in [4.78, 5) is 42.3. The first-order chi connectivity index (χ1) is 14.0. The van der Waals surface area contributed by atoms with E-state index in [0.717, 1.165) is 17.7 Å². The lowest BCUT2D eigenvalue weighted by Gasteiger charge is -2.34. The second kappa shape index (κ2) is 9.41. The molecule has 0 spiro atoms. The summed E-state index contributed by atoms with van der Waals surface area (Å²) in [5, 5.41) is 0. The van der Waals surface area contributed by atoms with E-state index in [2.05, 4.69) is 0 Å². The number of carbonyl (C=O) groups is 3. The summed E-state index contributed by atoms with van der Waals surface area (Å²) in [6.07, 6.45) is 2.55. The van der Waals surface area contributed by atoms with Crippen molar-refractivity contribution in [2.75, 3.05) is 37.6 Å². The van der Waals surface area contributed by atoms with Gasteiger partial charge in [-0.25, -0.2) is 0 Å². The summed E-state index contributed by atoms with van der Waals surface area (Å²) in [6.45, 7) is 5.83. The first-order valence-corrected chi connectivity index (χ1v) is 9.97. The molecule has 7 heteroatoms. The van der Waals surface area contributed by atoms with Gasteiger partial charge < -0.3 is 19.1 Å². The van der Waals surface area contributed by atoms with E-state index in [1.54, 1.807) is 26.8 Å². The largest absolute Gasteiger partial charge is 0.459 e. The minimum Gasteiger partial charge on any atom is -0.459 e. The summed E-state index contributed by atoms with van der Waals surface area (Å²) in [5.41, 5.74) is 1.95. The van der Waals surface area contributed by atoms with Crippen molar-refractivity contribution in [1.82, 2.24) is 9.80 Å². The van der Waals surface area contributed by atoms with E-state index in [0.29, 0.717) is 38.5 Å². The van der Waals surface area contributed by atoms with Crippen molar-refractivity contribution in [2.24, 2.45) is 0 Å². The van der Waals surface area contributed by atoms with Crippen molar-refractivity contribution < 1.29 is 18.8 Å². The van der Waals surface area contributed by atoms with Crippen LogP contribution in [0.25, 0.3) is 0 Å². The molecule has 2 aromatic rings. The van der Waals surface area contributed by atoms with E-state index in [1.807, 2.05) is 31.2 Å². The van der Waals surface area contributed by atoms with Gasteiger partial charge in [-0.15, -0.1) is 0 Å². The van der Waals surface area contributed by atoms with Crippen LogP contribution in [0.5, 0.6) is 0 Å². The molecule has 1 aliphatic rings. The number of furan rings is 1. The van der Waals surface area contributed by atoms with Crippen LogP contribution in [0.4, 0.5) is 5.69 Å². The van der Waals surface area contributed by atoms with Crippen molar-refractivity contribution in [2.45, 2.75) is 26.7 Å². The van der Waals surface area contributed by atoms with Gasteiger partial charge >= 0.3 is 0 Å². The number of rotatable bonds is 6.